The van der Waals surface area contributed by atoms with E-state index in [0.717, 1.165) is 18.5 Å². The molecule has 152 valence electrons. The fourth-order valence-corrected chi connectivity index (χ4v) is 3.84. The maximum Gasteiger partial charge on any atom is 0.261 e. The topological polar surface area (TPSA) is 93.5 Å². The highest BCUT2D eigenvalue weighted by Crippen LogP contribution is 2.28. The summed E-state index contributed by atoms with van der Waals surface area (Å²) in [5.41, 5.74) is 8.12. The predicted octanol–water partition coefficient (Wildman–Crippen LogP) is 4.36. The second kappa shape index (κ2) is 9.45. The van der Waals surface area contributed by atoms with Crippen molar-refractivity contribution in [3.63, 3.8) is 0 Å². The first kappa shape index (κ1) is 20.7. The summed E-state index contributed by atoms with van der Waals surface area (Å²) in [6.07, 6.45) is 1.04. The number of rotatable bonds is 9. The summed E-state index contributed by atoms with van der Waals surface area (Å²) < 4.78 is 33.5. The molecule has 0 aromatic heterocycles. The lowest BCUT2D eigenvalue weighted by molar-refractivity contribution is 0.482. The molecular formula is C22H25N3O3S. The molecule has 0 aliphatic rings. The Morgan fingerprint density at radius 2 is 1.69 bits per heavy atom. The molecule has 0 spiro atoms. The highest BCUT2D eigenvalue weighted by molar-refractivity contribution is 7.92. The van der Waals surface area contributed by atoms with Gasteiger partial charge in [0.15, 0.2) is 0 Å². The first-order valence-electron chi connectivity index (χ1n) is 9.43. The van der Waals surface area contributed by atoms with E-state index in [1.54, 1.807) is 66.7 Å². The van der Waals surface area contributed by atoms with Crippen LogP contribution in [-0.4, -0.2) is 15.0 Å². The summed E-state index contributed by atoms with van der Waals surface area (Å²) in [5.74, 6) is 1.16. The van der Waals surface area contributed by atoms with Crippen molar-refractivity contribution < 1.29 is 13.2 Å². The van der Waals surface area contributed by atoms with Crippen LogP contribution in [0.4, 0.5) is 11.4 Å². The molecule has 0 fully saturated rings. The van der Waals surface area contributed by atoms with E-state index in [4.69, 9.17) is 10.5 Å². The van der Waals surface area contributed by atoms with Crippen LogP contribution in [-0.2, 0) is 16.6 Å². The Labute approximate surface area is 171 Å². The summed E-state index contributed by atoms with van der Waals surface area (Å²) in [4.78, 5) is 0.203. The Bertz CT molecular complexity index is 1050. The van der Waals surface area contributed by atoms with Crippen molar-refractivity contribution in [3.8, 4) is 11.5 Å². The third-order valence-corrected chi connectivity index (χ3v) is 5.63. The molecule has 3 aromatic carbocycles. The Hall–Kier alpha value is -3.03. The van der Waals surface area contributed by atoms with Gasteiger partial charge in [-0.25, -0.2) is 8.42 Å². The number of nitrogens with one attached hydrogen (secondary N) is 2. The van der Waals surface area contributed by atoms with E-state index < -0.39 is 10.0 Å². The van der Waals surface area contributed by atoms with E-state index in [0.29, 0.717) is 29.4 Å². The van der Waals surface area contributed by atoms with Gasteiger partial charge in [0.2, 0.25) is 0 Å². The largest absolute Gasteiger partial charge is 0.457 e. The fraction of sp³-hybridized carbons (Fsp3) is 0.182. The molecule has 0 bridgehead atoms. The zero-order valence-corrected chi connectivity index (χ0v) is 17.1. The smallest absolute Gasteiger partial charge is 0.261 e. The molecule has 0 radical (unpaired) electrons. The molecule has 4 N–H and O–H groups in total. The van der Waals surface area contributed by atoms with Crippen molar-refractivity contribution in [2.45, 2.75) is 24.8 Å². The molecule has 0 aliphatic carbocycles. The van der Waals surface area contributed by atoms with Crippen molar-refractivity contribution in [2.75, 3.05) is 17.0 Å². The summed E-state index contributed by atoms with van der Waals surface area (Å²) in [6, 6.07) is 20.5. The van der Waals surface area contributed by atoms with Crippen molar-refractivity contribution >= 4 is 21.4 Å². The minimum Gasteiger partial charge on any atom is -0.457 e. The molecular weight excluding hydrogens is 386 g/mol. The van der Waals surface area contributed by atoms with Crippen molar-refractivity contribution in [2.24, 2.45) is 0 Å². The number of anilines is 2. The van der Waals surface area contributed by atoms with Crippen LogP contribution in [0.15, 0.2) is 77.7 Å². The zero-order valence-electron chi connectivity index (χ0n) is 16.3. The van der Waals surface area contributed by atoms with E-state index in [1.165, 1.54) is 0 Å². The van der Waals surface area contributed by atoms with E-state index >= 15 is 0 Å². The first-order valence-corrected chi connectivity index (χ1v) is 10.9. The van der Waals surface area contributed by atoms with Crippen LogP contribution < -0.4 is 20.5 Å². The maximum atomic E-state index is 12.5. The lowest BCUT2D eigenvalue weighted by Gasteiger charge is -2.12. The van der Waals surface area contributed by atoms with Gasteiger partial charge in [-0.1, -0.05) is 31.2 Å². The molecule has 29 heavy (non-hydrogen) atoms. The van der Waals surface area contributed by atoms with Gasteiger partial charge >= 0.3 is 0 Å². The number of nitrogen functional groups attached to an aromatic ring is 1. The van der Waals surface area contributed by atoms with Crippen LogP contribution in [0.5, 0.6) is 11.5 Å². The number of benzene rings is 3. The van der Waals surface area contributed by atoms with Gasteiger partial charge in [0.05, 0.1) is 10.6 Å². The molecule has 7 heteroatoms. The van der Waals surface area contributed by atoms with Gasteiger partial charge in [0, 0.05) is 18.3 Å². The molecule has 3 rings (SSSR count). The molecule has 0 saturated carbocycles. The Balaban J connectivity index is 1.74. The van der Waals surface area contributed by atoms with E-state index in [2.05, 4.69) is 17.0 Å². The fourth-order valence-electron chi connectivity index (χ4n) is 2.77. The zero-order chi connectivity index (χ0) is 20.7. The van der Waals surface area contributed by atoms with Crippen LogP contribution in [0.25, 0.3) is 0 Å². The van der Waals surface area contributed by atoms with Crippen molar-refractivity contribution in [1.82, 2.24) is 5.32 Å². The number of ether oxygens (including phenoxy) is 1. The normalized spacial score (nSPS) is 11.2. The lowest BCUT2D eigenvalue weighted by Crippen LogP contribution is -2.15. The van der Waals surface area contributed by atoms with E-state index in [1.807, 2.05) is 6.07 Å². The SMILES string of the molecule is CCCNCc1cc(Oc2cccc(NS(=O)(=O)c3ccccc3)c2)ccc1N. The first-order chi connectivity index (χ1) is 14.0. The molecule has 0 unspecified atom stereocenters. The minimum absolute atomic E-state index is 0.203. The molecule has 0 amide bonds. The highest BCUT2D eigenvalue weighted by Gasteiger charge is 2.14. The third kappa shape index (κ3) is 5.73. The number of hydrogen-bond acceptors (Lipinski definition) is 5. The van der Waals surface area contributed by atoms with Crippen LogP contribution in [0, 0.1) is 0 Å². The van der Waals surface area contributed by atoms with Gasteiger partial charge in [0.25, 0.3) is 10.0 Å². The summed E-state index contributed by atoms with van der Waals surface area (Å²) >= 11 is 0. The summed E-state index contributed by atoms with van der Waals surface area (Å²) in [7, 11) is -3.66. The van der Waals surface area contributed by atoms with Gasteiger partial charge in [0.1, 0.15) is 11.5 Å². The molecule has 6 nitrogen and oxygen atoms in total. The van der Waals surface area contributed by atoms with E-state index in [-0.39, 0.29) is 4.90 Å². The highest BCUT2D eigenvalue weighted by atomic mass is 32.2. The molecule has 3 aromatic rings. The second-order valence-electron chi connectivity index (χ2n) is 6.59. The minimum atomic E-state index is -3.66. The van der Waals surface area contributed by atoms with Crippen LogP contribution >= 0.6 is 0 Å². The van der Waals surface area contributed by atoms with Crippen molar-refractivity contribution in [1.29, 1.82) is 0 Å². The predicted molar refractivity (Wildman–Crippen MR) is 117 cm³/mol. The quantitative estimate of drug-likeness (QED) is 0.359. The van der Waals surface area contributed by atoms with Crippen molar-refractivity contribution in [3.05, 3.63) is 78.4 Å². The monoisotopic (exact) mass is 411 g/mol. The van der Waals surface area contributed by atoms with Crippen LogP contribution in [0.3, 0.4) is 0 Å². The van der Waals surface area contributed by atoms with Gasteiger partial charge in [-0.3, -0.25) is 4.72 Å². The molecule has 0 atom stereocenters. The van der Waals surface area contributed by atoms with Crippen LogP contribution in [0.2, 0.25) is 0 Å². The van der Waals surface area contributed by atoms with Gasteiger partial charge < -0.3 is 15.8 Å². The van der Waals surface area contributed by atoms with Crippen LogP contribution in [0.1, 0.15) is 18.9 Å². The standard InChI is InChI=1S/C22H25N3O3S/c1-2-13-24-16-17-14-20(11-12-22(17)23)28-19-8-6-7-18(15-19)25-29(26,27)21-9-4-3-5-10-21/h3-12,14-15,24-25H,2,13,16,23H2,1H3. The lowest BCUT2D eigenvalue weighted by atomic mass is 10.1. The second-order valence-corrected chi connectivity index (χ2v) is 8.27. The van der Waals surface area contributed by atoms with E-state index in [9.17, 15) is 8.42 Å². The Morgan fingerprint density at radius 1 is 0.931 bits per heavy atom. The third-order valence-electron chi connectivity index (χ3n) is 4.23. The molecule has 0 heterocycles. The molecule has 0 aliphatic heterocycles. The molecule has 0 saturated heterocycles. The summed E-state index contributed by atoms with van der Waals surface area (Å²) in [6.45, 7) is 3.68. The van der Waals surface area contributed by atoms with Gasteiger partial charge in [-0.2, -0.15) is 0 Å². The Morgan fingerprint density at radius 3 is 2.45 bits per heavy atom. The summed E-state index contributed by atoms with van der Waals surface area (Å²) in [5, 5.41) is 3.32. The average molecular weight is 412 g/mol. The van der Waals surface area contributed by atoms with Gasteiger partial charge in [-0.05, 0) is 61.0 Å². The Kier molecular flexibility index (Phi) is 6.74. The average Bonchev–Trinajstić information content (AvgIpc) is 2.71. The number of sulfonamides is 1. The van der Waals surface area contributed by atoms with Gasteiger partial charge in [-0.15, -0.1) is 0 Å². The number of nitrogens with two attached hydrogens (primary N) is 1. The maximum absolute atomic E-state index is 12.5. The number of hydrogen-bond donors (Lipinski definition) is 3.